The van der Waals surface area contributed by atoms with Gasteiger partial charge in [0.05, 0.1) is 24.3 Å². The monoisotopic (exact) mass is 374 g/mol. The molecule has 2 aliphatic rings. The molecule has 0 saturated carbocycles. The van der Waals surface area contributed by atoms with Gasteiger partial charge in [0.2, 0.25) is 11.8 Å². The molecule has 0 bridgehead atoms. The van der Waals surface area contributed by atoms with Gasteiger partial charge in [-0.15, -0.1) is 0 Å². The minimum absolute atomic E-state index is 0.101. The van der Waals surface area contributed by atoms with Crippen LogP contribution in [0.5, 0.6) is 0 Å². The van der Waals surface area contributed by atoms with E-state index in [0.717, 1.165) is 11.4 Å². The number of likely N-dealkylation sites (N-methyl/N-ethyl adjacent to an activating group) is 1. The Morgan fingerprint density at radius 2 is 1.85 bits per heavy atom. The van der Waals surface area contributed by atoms with Crippen LogP contribution in [0.15, 0.2) is 18.2 Å². The fourth-order valence-electron chi connectivity index (χ4n) is 3.12. The minimum atomic E-state index is -0.952. The zero-order chi connectivity index (χ0) is 19.4. The first-order valence-electron chi connectivity index (χ1n) is 8.84. The smallest absolute Gasteiger partial charge is 0.262 e. The highest BCUT2D eigenvalue weighted by molar-refractivity contribution is 6.23. The van der Waals surface area contributed by atoms with Crippen molar-refractivity contribution in [2.45, 2.75) is 18.9 Å². The van der Waals surface area contributed by atoms with Crippen molar-refractivity contribution in [3.8, 4) is 0 Å². The van der Waals surface area contributed by atoms with Crippen molar-refractivity contribution in [3.05, 3.63) is 29.3 Å². The number of imide groups is 2. The highest BCUT2D eigenvalue weighted by Gasteiger charge is 2.44. The van der Waals surface area contributed by atoms with Gasteiger partial charge in [-0.1, -0.05) is 0 Å². The lowest BCUT2D eigenvalue weighted by atomic mass is 10.0. The SMILES string of the molecule is CNCCOCCNc1ccc2c(c1)C(=O)N(C1CCC(=O)NC1=O)C2=O. The standard InChI is InChI=1S/C18H22N4O5/c1-19-6-8-27-9-7-20-11-2-3-12-13(10-11)18(26)22(17(12)25)14-4-5-15(23)21-16(14)24/h2-3,10,14,19-20H,4-9H2,1H3,(H,21,23,24). The fraction of sp³-hybridized carbons (Fsp3) is 0.444. The second kappa shape index (κ2) is 8.28. The number of hydrogen-bond acceptors (Lipinski definition) is 7. The number of rotatable bonds is 8. The predicted molar refractivity (Wildman–Crippen MR) is 96.3 cm³/mol. The Bertz CT molecular complexity index is 779. The maximum Gasteiger partial charge on any atom is 0.262 e. The lowest BCUT2D eigenvalue weighted by Gasteiger charge is -2.27. The molecule has 2 aliphatic heterocycles. The van der Waals surface area contributed by atoms with Crippen LogP contribution in [0.2, 0.25) is 0 Å². The average molecular weight is 374 g/mol. The molecule has 4 amide bonds. The van der Waals surface area contributed by atoms with E-state index in [-0.39, 0.29) is 24.0 Å². The molecule has 9 heteroatoms. The Hall–Kier alpha value is -2.78. The number of piperidine rings is 1. The summed E-state index contributed by atoms with van der Waals surface area (Å²) in [6.45, 7) is 2.44. The van der Waals surface area contributed by atoms with Crippen molar-refractivity contribution in [1.29, 1.82) is 0 Å². The van der Waals surface area contributed by atoms with E-state index in [1.165, 1.54) is 0 Å². The largest absolute Gasteiger partial charge is 0.383 e. The molecule has 3 N–H and O–H groups in total. The molecule has 2 heterocycles. The Labute approximate surface area is 156 Å². The van der Waals surface area contributed by atoms with E-state index in [0.29, 0.717) is 25.4 Å². The van der Waals surface area contributed by atoms with Gasteiger partial charge < -0.3 is 15.4 Å². The van der Waals surface area contributed by atoms with Crippen molar-refractivity contribution in [2.75, 3.05) is 38.7 Å². The zero-order valence-electron chi connectivity index (χ0n) is 15.0. The average Bonchev–Trinajstić information content (AvgIpc) is 2.89. The third-order valence-electron chi connectivity index (χ3n) is 4.51. The van der Waals surface area contributed by atoms with Gasteiger partial charge in [0, 0.05) is 25.2 Å². The van der Waals surface area contributed by atoms with Gasteiger partial charge in [0.1, 0.15) is 6.04 Å². The molecule has 1 unspecified atom stereocenters. The van der Waals surface area contributed by atoms with Crippen molar-refractivity contribution >= 4 is 29.3 Å². The molecule has 1 saturated heterocycles. The molecule has 1 aromatic carbocycles. The summed E-state index contributed by atoms with van der Waals surface area (Å²) in [5.74, 6) is -2.03. The summed E-state index contributed by atoms with van der Waals surface area (Å²) in [6, 6.07) is 3.94. The highest BCUT2D eigenvalue weighted by Crippen LogP contribution is 2.29. The molecular weight excluding hydrogens is 352 g/mol. The summed E-state index contributed by atoms with van der Waals surface area (Å²) in [5.41, 5.74) is 1.21. The Kier molecular flexibility index (Phi) is 5.82. The van der Waals surface area contributed by atoms with Gasteiger partial charge >= 0.3 is 0 Å². The maximum atomic E-state index is 12.7. The highest BCUT2D eigenvalue weighted by atomic mass is 16.5. The summed E-state index contributed by atoms with van der Waals surface area (Å²) >= 11 is 0. The quantitative estimate of drug-likeness (QED) is 0.424. The summed E-state index contributed by atoms with van der Waals surface area (Å²) < 4.78 is 5.42. The number of anilines is 1. The zero-order valence-corrected chi connectivity index (χ0v) is 15.0. The van der Waals surface area contributed by atoms with Crippen molar-refractivity contribution in [1.82, 2.24) is 15.5 Å². The number of nitrogens with zero attached hydrogens (tertiary/aromatic N) is 1. The molecule has 1 atom stereocenters. The summed E-state index contributed by atoms with van der Waals surface area (Å²) in [6.07, 6.45) is 0.245. The molecule has 144 valence electrons. The van der Waals surface area contributed by atoms with Crippen LogP contribution >= 0.6 is 0 Å². The number of carbonyl (C=O) groups excluding carboxylic acids is 4. The molecule has 0 aromatic heterocycles. The van der Waals surface area contributed by atoms with E-state index in [4.69, 9.17) is 4.74 Å². The third kappa shape index (κ3) is 3.99. The molecule has 0 spiro atoms. The lowest BCUT2D eigenvalue weighted by molar-refractivity contribution is -0.136. The van der Waals surface area contributed by atoms with E-state index in [1.807, 2.05) is 7.05 Å². The molecule has 1 fully saturated rings. The van der Waals surface area contributed by atoms with Crippen LogP contribution in [-0.4, -0.2) is 67.9 Å². The van der Waals surface area contributed by atoms with Gasteiger partial charge in [-0.25, -0.2) is 0 Å². The van der Waals surface area contributed by atoms with Crippen LogP contribution < -0.4 is 16.0 Å². The van der Waals surface area contributed by atoms with Crippen molar-refractivity contribution in [2.24, 2.45) is 0 Å². The molecule has 0 aliphatic carbocycles. The molecule has 1 aromatic rings. The van der Waals surface area contributed by atoms with Gasteiger partial charge in [-0.05, 0) is 31.7 Å². The van der Waals surface area contributed by atoms with Crippen LogP contribution in [0.1, 0.15) is 33.6 Å². The van der Waals surface area contributed by atoms with Gasteiger partial charge in [-0.2, -0.15) is 0 Å². The van der Waals surface area contributed by atoms with Crippen LogP contribution in [0, 0.1) is 0 Å². The first-order valence-corrected chi connectivity index (χ1v) is 8.84. The number of carbonyl (C=O) groups is 4. The predicted octanol–water partition coefficient (Wildman–Crippen LogP) is -0.264. The molecule has 0 radical (unpaired) electrons. The first kappa shape index (κ1) is 19.0. The summed E-state index contributed by atoms with van der Waals surface area (Å²) in [7, 11) is 1.85. The van der Waals surface area contributed by atoms with Gasteiger partial charge in [-0.3, -0.25) is 29.4 Å². The third-order valence-corrected chi connectivity index (χ3v) is 4.51. The second-order valence-electron chi connectivity index (χ2n) is 6.35. The van der Waals surface area contributed by atoms with Crippen LogP contribution in [0.25, 0.3) is 0 Å². The lowest BCUT2D eigenvalue weighted by Crippen LogP contribution is -2.54. The van der Waals surface area contributed by atoms with Gasteiger partial charge in [0.15, 0.2) is 0 Å². The van der Waals surface area contributed by atoms with E-state index in [2.05, 4.69) is 16.0 Å². The molecule has 3 rings (SSSR count). The van der Waals surface area contributed by atoms with Crippen LogP contribution in [0.3, 0.4) is 0 Å². The van der Waals surface area contributed by atoms with Crippen LogP contribution in [0.4, 0.5) is 5.69 Å². The topological polar surface area (TPSA) is 117 Å². The van der Waals surface area contributed by atoms with E-state index < -0.39 is 29.7 Å². The van der Waals surface area contributed by atoms with E-state index in [1.54, 1.807) is 18.2 Å². The molecule has 9 nitrogen and oxygen atoms in total. The number of nitrogens with one attached hydrogen (secondary N) is 3. The fourth-order valence-corrected chi connectivity index (χ4v) is 3.12. The normalized spacial score (nSPS) is 19.3. The van der Waals surface area contributed by atoms with E-state index >= 15 is 0 Å². The Balaban J connectivity index is 1.66. The first-order chi connectivity index (χ1) is 13.0. The van der Waals surface area contributed by atoms with Crippen molar-refractivity contribution < 1.29 is 23.9 Å². The number of benzene rings is 1. The van der Waals surface area contributed by atoms with E-state index in [9.17, 15) is 19.2 Å². The van der Waals surface area contributed by atoms with Crippen LogP contribution in [-0.2, 0) is 14.3 Å². The van der Waals surface area contributed by atoms with Crippen molar-refractivity contribution in [3.63, 3.8) is 0 Å². The van der Waals surface area contributed by atoms with Gasteiger partial charge in [0.25, 0.3) is 11.8 Å². The number of amides is 4. The summed E-state index contributed by atoms with van der Waals surface area (Å²) in [5, 5.41) is 8.31. The second-order valence-corrected chi connectivity index (χ2v) is 6.35. The number of fused-ring (bicyclic) bond motifs is 1. The number of ether oxygens (including phenoxy) is 1. The summed E-state index contributed by atoms with van der Waals surface area (Å²) in [4.78, 5) is 49.6. The molecular formula is C18H22N4O5. The molecule has 27 heavy (non-hydrogen) atoms. The Morgan fingerprint density at radius 3 is 2.59 bits per heavy atom. The minimum Gasteiger partial charge on any atom is -0.383 e. The maximum absolute atomic E-state index is 12.7. The Morgan fingerprint density at radius 1 is 1.11 bits per heavy atom. The number of hydrogen-bond donors (Lipinski definition) is 3.